The molecule has 7 heteroatoms. The fraction of sp³-hybridized carbons (Fsp3) is 0.429. The number of rotatable bonds is 2. The standard InChI is InChI=1S/C7H9F3N4/c1-12-5(7(8,9)10)4-2-13-6(11)14-3-4/h2-3,5,12H,1H3,(H2,11,13,14). The fourth-order valence-corrected chi connectivity index (χ4v) is 1.02. The molecule has 0 aliphatic heterocycles. The van der Waals surface area contributed by atoms with Gasteiger partial charge in [-0.25, -0.2) is 9.97 Å². The lowest BCUT2D eigenvalue weighted by atomic mass is 10.1. The summed E-state index contributed by atoms with van der Waals surface area (Å²) >= 11 is 0. The van der Waals surface area contributed by atoms with E-state index in [1.165, 1.54) is 7.05 Å². The third kappa shape index (κ3) is 2.32. The summed E-state index contributed by atoms with van der Waals surface area (Å²) in [6.07, 6.45) is -2.26. The van der Waals surface area contributed by atoms with Crippen molar-refractivity contribution in [2.45, 2.75) is 12.2 Å². The summed E-state index contributed by atoms with van der Waals surface area (Å²) in [5, 5.41) is 2.13. The van der Waals surface area contributed by atoms with Gasteiger partial charge in [-0.1, -0.05) is 0 Å². The molecule has 0 aliphatic carbocycles. The van der Waals surface area contributed by atoms with E-state index in [4.69, 9.17) is 5.73 Å². The van der Waals surface area contributed by atoms with Crippen LogP contribution in [0.2, 0.25) is 0 Å². The number of anilines is 1. The van der Waals surface area contributed by atoms with Gasteiger partial charge in [0.05, 0.1) is 0 Å². The molecule has 0 aliphatic rings. The molecule has 1 atom stereocenters. The van der Waals surface area contributed by atoms with Crippen LogP contribution in [0.3, 0.4) is 0 Å². The summed E-state index contributed by atoms with van der Waals surface area (Å²) in [5.41, 5.74) is 5.09. The largest absolute Gasteiger partial charge is 0.408 e. The van der Waals surface area contributed by atoms with Crippen molar-refractivity contribution in [3.8, 4) is 0 Å². The lowest BCUT2D eigenvalue weighted by Gasteiger charge is -2.18. The Kier molecular flexibility index (Phi) is 2.90. The number of halogens is 3. The maximum absolute atomic E-state index is 12.4. The van der Waals surface area contributed by atoms with Gasteiger partial charge >= 0.3 is 6.18 Å². The van der Waals surface area contributed by atoms with Gasteiger partial charge in [0.1, 0.15) is 6.04 Å². The van der Waals surface area contributed by atoms with Crippen molar-refractivity contribution >= 4 is 5.95 Å². The normalized spacial score (nSPS) is 14.0. The molecule has 4 nitrogen and oxygen atoms in total. The zero-order valence-electron chi connectivity index (χ0n) is 7.34. The first kappa shape index (κ1) is 10.7. The molecule has 1 aromatic rings. The zero-order valence-corrected chi connectivity index (χ0v) is 7.34. The molecule has 0 radical (unpaired) electrons. The Morgan fingerprint density at radius 2 is 1.86 bits per heavy atom. The van der Waals surface area contributed by atoms with Gasteiger partial charge in [0, 0.05) is 18.0 Å². The van der Waals surface area contributed by atoms with E-state index in [1.54, 1.807) is 0 Å². The second-order valence-electron chi connectivity index (χ2n) is 2.64. The van der Waals surface area contributed by atoms with Gasteiger partial charge in [0.2, 0.25) is 5.95 Å². The second kappa shape index (κ2) is 3.79. The minimum Gasteiger partial charge on any atom is -0.368 e. The van der Waals surface area contributed by atoms with Crippen LogP contribution < -0.4 is 11.1 Å². The Hall–Kier alpha value is -1.37. The maximum atomic E-state index is 12.4. The van der Waals surface area contributed by atoms with E-state index < -0.39 is 12.2 Å². The molecule has 0 saturated carbocycles. The number of aromatic nitrogens is 2. The predicted octanol–water partition coefficient (Wildman–Crippen LogP) is 0.882. The molecular weight excluding hydrogens is 197 g/mol. The van der Waals surface area contributed by atoms with Gasteiger partial charge in [-0.3, -0.25) is 0 Å². The number of nitrogens with one attached hydrogen (secondary N) is 1. The molecule has 1 rings (SSSR count). The molecule has 0 spiro atoms. The van der Waals surface area contributed by atoms with Gasteiger partial charge in [0.25, 0.3) is 0 Å². The molecule has 0 aromatic carbocycles. The number of nitrogen functional groups attached to an aromatic ring is 1. The van der Waals surface area contributed by atoms with E-state index in [1.807, 2.05) is 0 Å². The average molecular weight is 206 g/mol. The van der Waals surface area contributed by atoms with Crippen molar-refractivity contribution in [3.63, 3.8) is 0 Å². The lowest BCUT2D eigenvalue weighted by molar-refractivity contribution is -0.156. The number of nitrogens with zero attached hydrogens (tertiary/aromatic N) is 2. The molecule has 0 saturated heterocycles. The van der Waals surface area contributed by atoms with Crippen LogP contribution in [-0.4, -0.2) is 23.2 Å². The number of hydrogen-bond donors (Lipinski definition) is 2. The van der Waals surface area contributed by atoms with Crippen LogP contribution in [0.1, 0.15) is 11.6 Å². The summed E-state index contributed by atoms with van der Waals surface area (Å²) in [5.74, 6) is -0.0502. The highest BCUT2D eigenvalue weighted by atomic mass is 19.4. The SMILES string of the molecule is CNC(c1cnc(N)nc1)C(F)(F)F. The van der Waals surface area contributed by atoms with Gasteiger partial charge in [0.15, 0.2) is 0 Å². The Balaban J connectivity index is 2.96. The van der Waals surface area contributed by atoms with Crippen molar-refractivity contribution in [2.24, 2.45) is 0 Å². The third-order valence-corrected chi connectivity index (χ3v) is 1.64. The minimum absolute atomic E-state index is 0.0502. The first-order chi connectivity index (χ1) is 6.45. The Bertz CT molecular complexity index is 295. The van der Waals surface area contributed by atoms with Crippen LogP contribution in [0.25, 0.3) is 0 Å². The molecule has 3 N–H and O–H groups in total. The second-order valence-corrected chi connectivity index (χ2v) is 2.64. The van der Waals surface area contributed by atoms with Crippen LogP contribution in [0, 0.1) is 0 Å². The van der Waals surface area contributed by atoms with Crippen LogP contribution in [0.5, 0.6) is 0 Å². The van der Waals surface area contributed by atoms with Crippen molar-refractivity contribution in [1.82, 2.24) is 15.3 Å². The minimum atomic E-state index is -4.37. The molecule has 78 valence electrons. The van der Waals surface area contributed by atoms with Crippen LogP contribution in [0.15, 0.2) is 12.4 Å². The topological polar surface area (TPSA) is 63.8 Å². The number of hydrogen-bond acceptors (Lipinski definition) is 4. The molecule has 1 unspecified atom stereocenters. The predicted molar refractivity (Wildman–Crippen MR) is 44.3 cm³/mol. The molecule has 1 aromatic heterocycles. The van der Waals surface area contributed by atoms with E-state index in [9.17, 15) is 13.2 Å². The maximum Gasteiger partial charge on any atom is 0.408 e. The molecule has 0 fully saturated rings. The van der Waals surface area contributed by atoms with E-state index in [2.05, 4.69) is 15.3 Å². The number of alkyl halides is 3. The molecule has 0 bridgehead atoms. The molecule has 1 heterocycles. The van der Waals surface area contributed by atoms with Crippen molar-refractivity contribution < 1.29 is 13.2 Å². The highest BCUT2D eigenvalue weighted by molar-refractivity contribution is 5.20. The Morgan fingerprint density at radius 1 is 1.36 bits per heavy atom. The quantitative estimate of drug-likeness (QED) is 0.754. The van der Waals surface area contributed by atoms with E-state index in [-0.39, 0.29) is 11.5 Å². The summed E-state index contributed by atoms with van der Waals surface area (Å²) in [6, 6.07) is -1.76. The smallest absolute Gasteiger partial charge is 0.368 e. The van der Waals surface area contributed by atoms with Crippen molar-refractivity contribution in [1.29, 1.82) is 0 Å². The summed E-state index contributed by atoms with van der Waals surface area (Å²) in [4.78, 5) is 6.98. The first-order valence-electron chi connectivity index (χ1n) is 3.76. The zero-order chi connectivity index (χ0) is 10.8. The lowest BCUT2D eigenvalue weighted by Crippen LogP contribution is -2.31. The van der Waals surface area contributed by atoms with E-state index >= 15 is 0 Å². The van der Waals surface area contributed by atoms with Crippen molar-refractivity contribution in [3.05, 3.63) is 18.0 Å². The molecule has 0 amide bonds. The van der Waals surface area contributed by atoms with Gasteiger partial charge < -0.3 is 11.1 Å². The fourth-order valence-electron chi connectivity index (χ4n) is 1.02. The van der Waals surface area contributed by atoms with E-state index in [0.29, 0.717) is 0 Å². The summed E-state index contributed by atoms with van der Waals surface area (Å²) in [6.45, 7) is 0. The summed E-state index contributed by atoms with van der Waals surface area (Å²) < 4.78 is 37.1. The van der Waals surface area contributed by atoms with E-state index in [0.717, 1.165) is 12.4 Å². The number of nitrogens with two attached hydrogens (primary N) is 1. The monoisotopic (exact) mass is 206 g/mol. The third-order valence-electron chi connectivity index (χ3n) is 1.64. The van der Waals surface area contributed by atoms with Gasteiger partial charge in [-0.15, -0.1) is 0 Å². The molecular formula is C7H9F3N4. The Morgan fingerprint density at radius 3 is 2.21 bits per heavy atom. The van der Waals surface area contributed by atoms with Crippen LogP contribution in [-0.2, 0) is 0 Å². The highest BCUT2D eigenvalue weighted by Gasteiger charge is 2.40. The van der Waals surface area contributed by atoms with Crippen molar-refractivity contribution in [2.75, 3.05) is 12.8 Å². The highest BCUT2D eigenvalue weighted by Crippen LogP contribution is 2.31. The van der Waals surface area contributed by atoms with Gasteiger partial charge in [-0.05, 0) is 7.05 Å². The van der Waals surface area contributed by atoms with Crippen LogP contribution >= 0.6 is 0 Å². The summed E-state index contributed by atoms with van der Waals surface area (Å²) in [7, 11) is 1.22. The average Bonchev–Trinajstić information content (AvgIpc) is 2.07. The first-order valence-corrected chi connectivity index (χ1v) is 3.76. The Labute approximate surface area is 78.4 Å². The van der Waals surface area contributed by atoms with Gasteiger partial charge in [-0.2, -0.15) is 13.2 Å². The van der Waals surface area contributed by atoms with Crippen LogP contribution in [0.4, 0.5) is 19.1 Å². The molecule has 14 heavy (non-hydrogen) atoms.